The van der Waals surface area contributed by atoms with Crippen molar-refractivity contribution in [1.82, 2.24) is 0 Å². The zero-order valence-corrected chi connectivity index (χ0v) is 9.89. The van der Waals surface area contributed by atoms with Gasteiger partial charge >= 0.3 is 35.5 Å². The molecule has 0 unspecified atom stereocenters. The summed E-state index contributed by atoms with van der Waals surface area (Å²) in [6, 6.07) is 3.33. The Bertz CT molecular complexity index is 417. The molecule has 0 aliphatic rings. The summed E-state index contributed by atoms with van der Waals surface area (Å²) in [5, 5.41) is 8.55. The second kappa shape index (κ2) is 8.02. The quantitative estimate of drug-likeness (QED) is 0.637. The van der Waals surface area contributed by atoms with E-state index in [9.17, 15) is 4.79 Å². The first-order valence-corrected chi connectivity index (χ1v) is 4.83. The van der Waals surface area contributed by atoms with Crippen LogP contribution in [-0.4, -0.2) is 62.0 Å². The van der Waals surface area contributed by atoms with E-state index in [0.29, 0.717) is 22.8 Å². The van der Waals surface area contributed by atoms with Gasteiger partial charge in [0.2, 0.25) is 5.75 Å². The Morgan fingerprint density at radius 1 is 1.11 bits per heavy atom. The van der Waals surface area contributed by atoms with Crippen molar-refractivity contribution >= 4 is 41.6 Å². The molecular weight excluding hydrogens is 247 g/mol. The molecule has 1 aromatic carbocycles. The number of benzene rings is 1. The molecule has 0 aromatic heterocycles. The molecule has 0 saturated heterocycles. The van der Waals surface area contributed by atoms with Crippen molar-refractivity contribution in [2.24, 2.45) is 0 Å². The number of methoxy groups -OCH3 is 3. The Morgan fingerprint density at radius 2 is 1.61 bits per heavy atom. The number of rotatable bonds is 5. The number of carboxylic acid groups (broad SMARTS) is 1. The zero-order chi connectivity index (χ0) is 12.8. The predicted molar refractivity (Wildman–Crippen MR) is 69.9 cm³/mol. The van der Waals surface area contributed by atoms with Crippen LogP contribution in [0.3, 0.4) is 0 Å². The van der Waals surface area contributed by atoms with Crippen LogP contribution in [0.1, 0.15) is 5.56 Å². The van der Waals surface area contributed by atoms with Gasteiger partial charge in [0, 0.05) is 6.08 Å². The first-order chi connectivity index (χ1) is 8.12. The molecule has 18 heavy (non-hydrogen) atoms. The maximum absolute atomic E-state index is 10.4. The molecule has 0 spiro atoms. The second-order valence-electron chi connectivity index (χ2n) is 3.13. The monoisotopic (exact) mass is 262 g/mol. The van der Waals surface area contributed by atoms with Crippen LogP contribution in [0.25, 0.3) is 6.08 Å². The normalized spacial score (nSPS) is 9.72. The topological polar surface area (TPSA) is 65.0 Å². The van der Waals surface area contributed by atoms with E-state index in [-0.39, 0.29) is 29.6 Å². The molecule has 0 atom stereocenters. The van der Waals surface area contributed by atoms with Crippen LogP contribution in [0.5, 0.6) is 17.2 Å². The van der Waals surface area contributed by atoms with E-state index in [0.717, 1.165) is 6.08 Å². The van der Waals surface area contributed by atoms with Gasteiger partial charge in [-0.05, 0) is 23.8 Å². The van der Waals surface area contributed by atoms with Gasteiger partial charge in [-0.25, -0.2) is 4.79 Å². The summed E-state index contributed by atoms with van der Waals surface area (Å²) >= 11 is 0. The van der Waals surface area contributed by atoms with Gasteiger partial charge in [0.15, 0.2) is 11.5 Å². The Labute approximate surface area is 128 Å². The summed E-state index contributed by atoms with van der Waals surface area (Å²) in [7, 11) is 4.51. The Balaban J connectivity index is 0.00000289. The number of hydrogen-bond acceptors (Lipinski definition) is 4. The summed E-state index contributed by atoms with van der Waals surface area (Å²) in [5.74, 6) is 0.426. The van der Waals surface area contributed by atoms with Crippen LogP contribution in [-0.2, 0) is 4.79 Å². The van der Waals surface area contributed by atoms with Crippen molar-refractivity contribution < 1.29 is 24.1 Å². The summed E-state index contributed by atoms with van der Waals surface area (Å²) < 4.78 is 15.4. The van der Waals surface area contributed by atoms with Crippen LogP contribution in [0.4, 0.5) is 0 Å². The Hall–Kier alpha value is -1.17. The third-order valence-corrected chi connectivity index (χ3v) is 2.11. The summed E-state index contributed by atoms with van der Waals surface area (Å²) in [5.41, 5.74) is 0.655. The predicted octanol–water partition coefficient (Wildman–Crippen LogP) is 1.16. The molecule has 5 nitrogen and oxygen atoms in total. The van der Waals surface area contributed by atoms with Gasteiger partial charge in [0.1, 0.15) is 0 Å². The van der Waals surface area contributed by atoms with Gasteiger partial charge in [-0.15, -0.1) is 0 Å². The standard InChI is InChI=1S/C12H14O5.Na.H/c1-15-9-6-8(4-5-11(13)14)7-10(16-2)12(9)17-3;;/h4-7H,1-3H3,(H,13,14);;/b5-4+;;. The number of aliphatic carboxylic acids is 1. The van der Waals surface area contributed by atoms with E-state index in [2.05, 4.69) is 0 Å². The SMILES string of the molecule is COc1cc(/C=C/C(=O)O)cc(OC)c1OC.[NaH]. The van der Waals surface area contributed by atoms with E-state index in [1.54, 1.807) is 12.1 Å². The zero-order valence-electron chi connectivity index (χ0n) is 9.89. The minimum absolute atomic E-state index is 0. The van der Waals surface area contributed by atoms with Gasteiger partial charge in [0.05, 0.1) is 21.3 Å². The number of carbonyl (C=O) groups is 1. The van der Waals surface area contributed by atoms with E-state index in [4.69, 9.17) is 19.3 Å². The average molecular weight is 262 g/mol. The van der Waals surface area contributed by atoms with Crippen molar-refractivity contribution in [3.05, 3.63) is 23.8 Å². The molecule has 1 rings (SSSR count). The van der Waals surface area contributed by atoms with Crippen molar-refractivity contribution in [2.45, 2.75) is 0 Å². The van der Waals surface area contributed by atoms with Gasteiger partial charge in [-0.1, -0.05) is 0 Å². The molecule has 1 N–H and O–H groups in total. The molecule has 1 aromatic rings. The van der Waals surface area contributed by atoms with Gasteiger partial charge < -0.3 is 19.3 Å². The molecule has 6 heteroatoms. The number of ether oxygens (including phenoxy) is 3. The van der Waals surface area contributed by atoms with Crippen LogP contribution < -0.4 is 14.2 Å². The number of carboxylic acids is 1. The third kappa shape index (κ3) is 4.25. The van der Waals surface area contributed by atoms with Crippen LogP contribution in [0.2, 0.25) is 0 Å². The van der Waals surface area contributed by atoms with E-state index >= 15 is 0 Å². The molecule has 94 valence electrons. The van der Waals surface area contributed by atoms with Crippen molar-refractivity contribution in [1.29, 1.82) is 0 Å². The van der Waals surface area contributed by atoms with Gasteiger partial charge in [-0.2, -0.15) is 0 Å². The van der Waals surface area contributed by atoms with Gasteiger partial charge in [-0.3, -0.25) is 0 Å². The van der Waals surface area contributed by atoms with Crippen molar-refractivity contribution in [3.63, 3.8) is 0 Å². The molecule has 0 fully saturated rings. The van der Waals surface area contributed by atoms with E-state index in [1.807, 2.05) is 0 Å². The molecule has 0 saturated carbocycles. The molecule has 0 bridgehead atoms. The summed E-state index contributed by atoms with van der Waals surface area (Å²) in [6.07, 6.45) is 2.49. The fourth-order valence-corrected chi connectivity index (χ4v) is 1.37. The van der Waals surface area contributed by atoms with Crippen LogP contribution in [0.15, 0.2) is 18.2 Å². The molecule has 0 radical (unpaired) electrons. The summed E-state index contributed by atoms with van der Waals surface area (Å²) in [6.45, 7) is 0. The minimum atomic E-state index is -1.02. The van der Waals surface area contributed by atoms with Crippen molar-refractivity contribution in [3.8, 4) is 17.2 Å². The fourth-order valence-electron chi connectivity index (χ4n) is 1.37. The summed E-state index contributed by atoms with van der Waals surface area (Å²) in [4.78, 5) is 10.4. The molecular formula is C12H15NaO5. The fraction of sp³-hybridized carbons (Fsp3) is 0.250. The van der Waals surface area contributed by atoms with Crippen molar-refractivity contribution in [2.75, 3.05) is 21.3 Å². The molecule has 0 heterocycles. The van der Waals surface area contributed by atoms with E-state index in [1.165, 1.54) is 27.4 Å². The first kappa shape index (κ1) is 16.8. The number of hydrogen-bond donors (Lipinski definition) is 1. The third-order valence-electron chi connectivity index (χ3n) is 2.11. The first-order valence-electron chi connectivity index (χ1n) is 4.83. The average Bonchev–Trinajstić information content (AvgIpc) is 2.34. The molecule has 0 aliphatic heterocycles. The Kier molecular flexibility index (Phi) is 7.50. The van der Waals surface area contributed by atoms with Crippen LogP contribution >= 0.6 is 0 Å². The Morgan fingerprint density at radius 3 is 1.94 bits per heavy atom. The molecule has 0 amide bonds. The van der Waals surface area contributed by atoms with E-state index < -0.39 is 5.97 Å². The molecule has 0 aliphatic carbocycles. The van der Waals surface area contributed by atoms with Gasteiger partial charge in [0.25, 0.3) is 0 Å². The second-order valence-corrected chi connectivity index (χ2v) is 3.13. The van der Waals surface area contributed by atoms with Crippen LogP contribution in [0, 0.1) is 0 Å². The maximum atomic E-state index is 10.4.